The van der Waals surface area contributed by atoms with Crippen LogP contribution in [-0.2, 0) is 0 Å². The highest BCUT2D eigenvalue weighted by Gasteiger charge is 2.28. The van der Waals surface area contributed by atoms with Crippen LogP contribution in [0.1, 0.15) is 51.4 Å². The van der Waals surface area contributed by atoms with Gasteiger partial charge in [-0.05, 0) is 32.2 Å². The molecule has 0 amide bonds. The third-order valence-corrected chi connectivity index (χ3v) is 3.92. The highest BCUT2D eigenvalue weighted by Crippen LogP contribution is 2.30. The van der Waals surface area contributed by atoms with Crippen molar-refractivity contribution in [2.24, 2.45) is 5.92 Å². The predicted octanol–water partition coefficient (Wildman–Crippen LogP) is 3.05. The number of likely N-dealkylation sites (tertiary alicyclic amines) is 1. The molecule has 0 spiro atoms. The molecule has 1 saturated carbocycles. The summed E-state index contributed by atoms with van der Waals surface area (Å²) in [5, 5.41) is 0. The van der Waals surface area contributed by atoms with Crippen molar-refractivity contribution in [3.05, 3.63) is 0 Å². The summed E-state index contributed by atoms with van der Waals surface area (Å²) in [5.41, 5.74) is 0. The molecule has 76 valence electrons. The molecule has 1 saturated heterocycles. The summed E-state index contributed by atoms with van der Waals surface area (Å²) in [4.78, 5) is 2.61. The van der Waals surface area contributed by atoms with E-state index in [9.17, 15) is 0 Å². The average molecular weight is 181 g/mol. The number of rotatable bonds is 0. The van der Waals surface area contributed by atoms with Crippen LogP contribution in [-0.4, -0.2) is 24.5 Å². The van der Waals surface area contributed by atoms with Crippen LogP contribution in [0, 0.1) is 5.92 Å². The number of hydrogen-bond donors (Lipinski definition) is 0. The summed E-state index contributed by atoms with van der Waals surface area (Å²) >= 11 is 0. The second-order valence-corrected chi connectivity index (χ2v) is 5.04. The first-order valence-electron chi connectivity index (χ1n) is 6.06. The van der Waals surface area contributed by atoms with E-state index in [0.717, 1.165) is 12.0 Å². The summed E-state index contributed by atoms with van der Waals surface area (Å²) in [7, 11) is 2.32. The highest BCUT2D eigenvalue weighted by molar-refractivity contribution is 4.83. The van der Waals surface area contributed by atoms with E-state index in [1.54, 1.807) is 0 Å². The Hall–Kier alpha value is -0.0400. The first kappa shape index (κ1) is 9.51. The van der Waals surface area contributed by atoms with E-state index in [1.807, 2.05) is 0 Å². The quantitative estimate of drug-likeness (QED) is 0.555. The third-order valence-electron chi connectivity index (χ3n) is 3.92. The van der Waals surface area contributed by atoms with Gasteiger partial charge in [-0.2, -0.15) is 0 Å². The van der Waals surface area contributed by atoms with Crippen molar-refractivity contribution in [2.45, 2.75) is 57.4 Å². The molecule has 2 bridgehead atoms. The molecule has 0 radical (unpaired) electrons. The molecular formula is C12H23N. The molecule has 0 aromatic heterocycles. The zero-order valence-corrected chi connectivity index (χ0v) is 8.97. The van der Waals surface area contributed by atoms with Crippen LogP contribution in [0.5, 0.6) is 0 Å². The van der Waals surface area contributed by atoms with E-state index < -0.39 is 0 Å². The first-order valence-corrected chi connectivity index (χ1v) is 6.06. The molecule has 2 aliphatic rings. The van der Waals surface area contributed by atoms with E-state index in [-0.39, 0.29) is 0 Å². The van der Waals surface area contributed by atoms with Gasteiger partial charge in [-0.1, -0.05) is 32.1 Å². The second-order valence-electron chi connectivity index (χ2n) is 5.04. The van der Waals surface area contributed by atoms with Crippen LogP contribution < -0.4 is 0 Å². The van der Waals surface area contributed by atoms with Crippen LogP contribution in [0.2, 0.25) is 0 Å². The van der Waals surface area contributed by atoms with Crippen molar-refractivity contribution >= 4 is 0 Å². The molecular weight excluding hydrogens is 158 g/mol. The molecule has 2 fully saturated rings. The van der Waals surface area contributed by atoms with Crippen LogP contribution in [0.4, 0.5) is 0 Å². The average Bonchev–Trinajstić information content (AvgIpc) is 2.45. The molecule has 0 aromatic rings. The minimum Gasteiger partial charge on any atom is -0.303 e. The fourth-order valence-electron chi connectivity index (χ4n) is 3.09. The fraction of sp³-hybridized carbons (Fsp3) is 1.00. The summed E-state index contributed by atoms with van der Waals surface area (Å²) in [6.07, 6.45) is 11.9. The van der Waals surface area contributed by atoms with E-state index >= 15 is 0 Å². The van der Waals surface area contributed by atoms with Gasteiger partial charge in [-0.15, -0.1) is 0 Å². The molecule has 2 atom stereocenters. The maximum Gasteiger partial charge on any atom is 0.00954 e. The van der Waals surface area contributed by atoms with Crippen molar-refractivity contribution in [1.82, 2.24) is 4.90 Å². The number of hydrogen-bond acceptors (Lipinski definition) is 1. The molecule has 0 aromatic carbocycles. The largest absolute Gasteiger partial charge is 0.303 e. The van der Waals surface area contributed by atoms with Crippen LogP contribution in [0.15, 0.2) is 0 Å². The Kier molecular flexibility index (Phi) is 3.26. The molecule has 2 unspecified atom stereocenters. The monoisotopic (exact) mass is 181 g/mol. The van der Waals surface area contributed by atoms with Crippen molar-refractivity contribution < 1.29 is 0 Å². The number of fused-ring (bicyclic) bond motifs is 2. The predicted molar refractivity (Wildman–Crippen MR) is 56.8 cm³/mol. The number of nitrogens with zero attached hydrogens (tertiary/aromatic N) is 1. The Morgan fingerprint density at radius 1 is 0.923 bits per heavy atom. The highest BCUT2D eigenvalue weighted by atomic mass is 15.2. The lowest BCUT2D eigenvalue weighted by atomic mass is 9.93. The van der Waals surface area contributed by atoms with Gasteiger partial charge in [-0.3, -0.25) is 0 Å². The zero-order chi connectivity index (χ0) is 9.10. The van der Waals surface area contributed by atoms with Gasteiger partial charge >= 0.3 is 0 Å². The van der Waals surface area contributed by atoms with Crippen molar-refractivity contribution in [2.75, 3.05) is 13.6 Å². The molecule has 2 rings (SSSR count). The Labute approximate surface area is 82.5 Å². The van der Waals surface area contributed by atoms with Crippen LogP contribution in [0.25, 0.3) is 0 Å². The van der Waals surface area contributed by atoms with Crippen molar-refractivity contribution in [3.63, 3.8) is 0 Å². The Morgan fingerprint density at radius 3 is 2.46 bits per heavy atom. The van der Waals surface area contributed by atoms with Gasteiger partial charge in [0.1, 0.15) is 0 Å². The van der Waals surface area contributed by atoms with Gasteiger partial charge in [0.05, 0.1) is 0 Å². The minimum absolute atomic E-state index is 0.933. The summed E-state index contributed by atoms with van der Waals surface area (Å²) in [6, 6.07) is 0.933. The van der Waals surface area contributed by atoms with Crippen LogP contribution in [0.3, 0.4) is 0 Å². The Bertz CT molecular complexity index is 155. The minimum atomic E-state index is 0.933. The molecule has 0 N–H and O–H groups in total. The topological polar surface area (TPSA) is 3.24 Å². The first-order chi connectivity index (χ1) is 6.36. The lowest BCUT2D eigenvalue weighted by Gasteiger charge is -2.18. The van der Waals surface area contributed by atoms with Gasteiger partial charge in [-0.25, -0.2) is 0 Å². The van der Waals surface area contributed by atoms with Gasteiger partial charge in [0, 0.05) is 12.6 Å². The van der Waals surface area contributed by atoms with Crippen LogP contribution >= 0.6 is 0 Å². The molecule has 1 heterocycles. The van der Waals surface area contributed by atoms with E-state index in [0.29, 0.717) is 0 Å². The molecule has 1 aliphatic heterocycles. The van der Waals surface area contributed by atoms with Gasteiger partial charge in [0.25, 0.3) is 0 Å². The van der Waals surface area contributed by atoms with E-state index in [4.69, 9.17) is 0 Å². The van der Waals surface area contributed by atoms with E-state index in [1.165, 1.54) is 57.9 Å². The zero-order valence-electron chi connectivity index (χ0n) is 8.97. The smallest absolute Gasteiger partial charge is 0.00954 e. The van der Waals surface area contributed by atoms with Crippen molar-refractivity contribution in [3.8, 4) is 0 Å². The SMILES string of the molecule is CN1CC2CCCCCCCC1C2. The molecule has 1 aliphatic carbocycles. The molecule has 1 nitrogen and oxygen atoms in total. The molecule has 13 heavy (non-hydrogen) atoms. The summed E-state index contributed by atoms with van der Waals surface area (Å²) < 4.78 is 0. The van der Waals surface area contributed by atoms with Gasteiger partial charge in [0.2, 0.25) is 0 Å². The fourth-order valence-corrected chi connectivity index (χ4v) is 3.09. The lowest BCUT2D eigenvalue weighted by Crippen LogP contribution is -2.24. The van der Waals surface area contributed by atoms with Gasteiger partial charge < -0.3 is 4.90 Å². The van der Waals surface area contributed by atoms with E-state index in [2.05, 4.69) is 11.9 Å². The summed E-state index contributed by atoms with van der Waals surface area (Å²) in [5.74, 6) is 1.04. The summed E-state index contributed by atoms with van der Waals surface area (Å²) in [6.45, 7) is 1.38. The standard InChI is InChI=1S/C12H23N/c1-13-10-11-7-5-3-2-4-6-8-12(13)9-11/h11-12H,2-10H2,1H3. The normalized spacial score (nSPS) is 37.6. The Morgan fingerprint density at radius 2 is 1.62 bits per heavy atom. The maximum absolute atomic E-state index is 2.61. The molecule has 1 heteroatoms. The third kappa shape index (κ3) is 2.46. The Balaban J connectivity index is 1.89. The lowest BCUT2D eigenvalue weighted by molar-refractivity contribution is 0.288. The second kappa shape index (κ2) is 4.45. The van der Waals surface area contributed by atoms with Gasteiger partial charge in [0.15, 0.2) is 0 Å². The maximum atomic E-state index is 2.61. The van der Waals surface area contributed by atoms with Crippen molar-refractivity contribution in [1.29, 1.82) is 0 Å².